The van der Waals surface area contributed by atoms with E-state index in [9.17, 15) is 9.36 Å². The number of phosphoric ester groups is 1. The molecule has 7 heteroatoms. The van der Waals surface area contributed by atoms with Crippen molar-refractivity contribution in [2.45, 2.75) is 103 Å². The maximum absolute atomic E-state index is 11.5. The second-order valence-electron chi connectivity index (χ2n) is 7.23. The third-order valence-corrected chi connectivity index (χ3v) is 4.97. The van der Waals surface area contributed by atoms with Crippen LogP contribution in [0.15, 0.2) is 12.2 Å². The number of hydrogen-bond acceptors (Lipinski definition) is 4. The van der Waals surface area contributed by atoms with Gasteiger partial charge in [0.2, 0.25) is 0 Å². The van der Waals surface area contributed by atoms with E-state index in [0.29, 0.717) is 6.42 Å². The first-order valence-electron chi connectivity index (χ1n) is 11.0. The molecular formula is C21H41O6P. The van der Waals surface area contributed by atoms with E-state index >= 15 is 0 Å². The van der Waals surface area contributed by atoms with E-state index in [2.05, 4.69) is 23.6 Å². The minimum absolute atomic E-state index is 0.120. The van der Waals surface area contributed by atoms with Crippen LogP contribution in [0.4, 0.5) is 0 Å². The minimum Gasteiger partial charge on any atom is -0.466 e. The number of carbonyl (C=O) groups excluding carboxylic acids is 1. The molecule has 6 nitrogen and oxygen atoms in total. The van der Waals surface area contributed by atoms with Crippen LogP contribution < -0.4 is 0 Å². The zero-order valence-corrected chi connectivity index (χ0v) is 18.5. The topological polar surface area (TPSA) is 93.1 Å². The maximum Gasteiger partial charge on any atom is 0.469 e. The molecule has 0 bridgehead atoms. The van der Waals surface area contributed by atoms with Gasteiger partial charge in [-0.05, 0) is 32.1 Å². The van der Waals surface area contributed by atoms with Crippen LogP contribution in [-0.2, 0) is 18.6 Å². The molecule has 0 atom stereocenters. The Balaban J connectivity index is 3.26. The Morgan fingerprint density at radius 2 is 1.32 bits per heavy atom. The number of carbonyl (C=O) groups is 1. The molecule has 0 unspecified atom stereocenters. The van der Waals surface area contributed by atoms with E-state index < -0.39 is 7.82 Å². The van der Waals surface area contributed by atoms with E-state index in [4.69, 9.17) is 14.5 Å². The van der Waals surface area contributed by atoms with Gasteiger partial charge in [-0.15, -0.1) is 0 Å². The minimum atomic E-state index is -4.42. The summed E-state index contributed by atoms with van der Waals surface area (Å²) in [4.78, 5) is 28.5. The van der Waals surface area contributed by atoms with Crippen molar-refractivity contribution in [3.63, 3.8) is 0 Å². The smallest absolute Gasteiger partial charge is 0.466 e. The molecule has 0 saturated heterocycles. The third-order valence-electron chi connectivity index (χ3n) is 4.45. The summed E-state index contributed by atoms with van der Waals surface area (Å²) < 4.78 is 19.7. The van der Waals surface area contributed by atoms with Gasteiger partial charge < -0.3 is 14.5 Å². The highest BCUT2D eigenvalue weighted by Gasteiger charge is 2.12. The maximum atomic E-state index is 11.5. The largest absolute Gasteiger partial charge is 0.469 e. The van der Waals surface area contributed by atoms with Crippen molar-refractivity contribution < 1.29 is 28.4 Å². The standard InChI is InChI=1S/C21H41O6P/c1-2-3-4-5-6-7-8-9-10-11-12-13-14-15-16-18-21(22)26-19-17-20-27-28(23,24)25/h9-10H,2-8,11-20H2,1H3,(H2,23,24,25)/b10-9-. The number of hydrogen-bond donors (Lipinski definition) is 2. The summed E-state index contributed by atoms with van der Waals surface area (Å²) in [6.07, 6.45) is 21.1. The summed E-state index contributed by atoms with van der Waals surface area (Å²) in [6.45, 7) is 2.26. The van der Waals surface area contributed by atoms with Crippen LogP contribution in [0, 0.1) is 0 Å². The van der Waals surface area contributed by atoms with E-state index in [1.54, 1.807) is 0 Å². The predicted molar refractivity (Wildman–Crippen MR) is 113 cm³/mol. The lowest BCUT2D eigenvalue weighted by atomic mass is 10.1. The zero-order chi connectivity index (χ0) is 20.9. The average molecular weight is 421 g/mol. The quantitative estimate of drug-likeness (QED) is 0.107. The molecule has 0 aliphatic rings. The number of allylic oxidation sites excluding steroid dienone is 2. The SMILES string of the molecule is CCCCCCCC/C=C\CCCCCCCC(=O)OCCCOP(=O)(O)O. The molecule has 0 heterocycles. The van der Waals surface area contributed by atoms with Gasteiger partial charge >= 0.3 is 13.8 Å². The molecule has 0 aliphatic heterocycles. The van der Waals surface area contributed by atoms with Gasteiger partial charge in [-0.2, -0.15) is 0 Å². The highest BCUT2D eigenvalue weighted by molar-refractivity contribution is 7.46. The fourth-order valence-electron chi connectivity index (χ4n) is 2.84. The second kappa shape index (κ2) is 19.6. The van der Waals surface area contributed by atoms with Crippen molar-refractivity contribution in [1.29, 1.82) is 0 Å². The van der Waals surface area contributed by atoms with Crippen molar-refractivity contribution in [2.24, 2.45) is 0 Å². The molecule has 0 fully saturated rings. The monoisotopic (exact) mass is 420 g/mol. The molecule has 28 heavy (non-hydrogen) atoms. The Labute approximate surface area is 171 Å². The predicted octanol–water partition coefficient (Wildman–Crippen LogP) is 6.07. The van der Waals surface area contributed by atoms with Crippen molar-refractivity contribution in [1.82, 2.24) is 0 Å². The van der Waals surface area contributed by atoms with E-state index in [1.807, 2.05) is 0 Å². The summed E-state index contributed by atoms with van der Waals surface area (Å²) >= 11 is 0. The van der Waals surface area contributed by atoms with Crippen LogP contribution in [0.25, 0.3) is 0 Å². The Morgan fingerprint density at radius 1 is 0.786 bits per heavy atom. The molecule has 0 saturated carbocycles. The number of rotatable bonds is 20. The van der Waals surface area contributed by atoms with Gasteiger partial charge in [0.1, 0.15) is 0 Å². The second-order valence-corrected chi connectivity index (χ2v) is 8.47. The van der Waals surface area contributed by atoms with Gasteiger partial charge in [0.25, 0.3) is 0 Å². The fraction of sp³-hybridized carbons (Fsp3) is 0.857. The Hall–Kier alpha value is -0.680. The Bertz CT molecular complexity index is 433. The molecule has 0 amide bonds. The lowest BCUT2D eigenvalue weighted by molar-refractivity contribution is -0.144. The number of phosphoric acid groups is 1. The van der Waals surface area contributed by atoms with Gasteiger partial charge in [-0.25, -0.2) is 4.57 Å². The Kier molecular flexibility index (Phi) is 19.2. The summed E-state index contributed by atoms with van der Waals surface area (Å²) in [7, 11) is -4.42. The molecule has 0 aromatic carbocycles. The summed E-state index contributed by atoms with van der Waals surface area (Å²) in [5, 5.41) is 0. The van der Waals surface area contributed by atoms with E-state index in [0.717, 1.165) is 25.7 Å². The molecule has 0 spiro atoms. The average Bonchev–Trinajstić information content (AvgIpc) is 2.63. The van der Waals surface area contributed by atoms with Gasteiger partial charge in [-0.1, -0.05) is 70.4 Å². The van der Waals surface area contributed by atoms with Crippen LogP contribution in [-0.4, -0.2) is 29.0 Å². The molecule has 0 radical (unpaired) electrons. The summed E-state index contributed by atoms with van der Waals surface area (Å²) in [5.41, 5.74) is 0. The first-order chi connectivity index (χ1) is 13.5. The molecule has 2 N–H and O–H groups in total. The molecule has 166 valence electrons. The first-order valence-corrected chi connectivity index (χ1v) is 12.5. The zero-order valence-electron chi connectivity index (χ0n) is 17.7. The van der Waals surface area contributed by atoms with Gasteiger partial charge in [-0.3, -0.25) is 9.32 Å². The highest BCUT2D eigenvalue weighted by Crippen LogP contribution is 2.35. The number of ether oxygens (including phenoxy) is 1. The molecular weight excluding hydrogens is 379 g/mol. The van der Waals surface area contributed by atoms with Crippen molar-refractivity contribution in [3.8, 4) is 0 Å². The van der Waals surface area contributed by atoms with Crippen molar-refractivity contribution in [2.75, 3.05) is 13.2 Å². The molecule has 0 rings (SSSR count). The van der Waals surface area contributed by atoms with Gasteiger partial charge in [0.15, 0.2) is 0 Å². The summed E-state index contributed by atoms with van der Waals surface area (Å²) in [6, 6.07) is 0. The molecule has 0 aliphatic carbocycles. The van der Waals surface area contributed by atoms with Gasteiger partial charge in [0.05, 0.1) is 13.2 Å². The normalized spacial score (nSPS) is 12.0. The lowest BCUT2D eigenvalue weighted by Gasteiger charge is -2.06. The van der Waals surface area contributed by atoms with Crippen LogP contribution in [0.5, 0.6) is 0 Å². The lowest BCUT2D eigenvalue weighted by Crippen LogP contribution is -2.07. The van der Waals surface area contributed by atoms with Crippen LogP contribution in [0.3, 0.4) is 0 Å². The van der Waals surface area contributed by atoms with E-state index in [-0.39, 0.29) is 25.6 Å². The fourth-order valence-corrected chi connectivity index (χ4v) is 3.21. The first kappa shape index (κ1) is 27.3. The number of esters is 1. The third kappa shape index (κ3) is 23.4. The van der Waals surface area contributed by atoms with Crippen molar-refractivity contribution >= 4 is 13.8 Å². The molecule has 0 aromatic heterocycles. The summed E-state index contributed by atoms with van der Waals surface area (Å²) in [5.74, 6) is -0.256. The Morgan fingerprint density at radius 3 is 1.89 bits per heavy atom. The van der Waals surface area contributed by atoms with Crippen LogP contribution in [0.2, 0.25) is 0 Å². The van der Waals surface area contributed by atoms with Crippen LogP contribution >= 0.6 is 7.82 Å². The number of unbranched alkanes of at least 4 members (excludes halogenated alkanes) is 11. The highest BCUT2D eigenvalue weighted by atomic mass is 31.2. The van der Waals surface area contributed by atoms with Crippen molar-refractivity contribution in [3.05, 3.63) is 12.2 Å². The van der Waals surface area contributed by atoms with Crippen LogP contribution in [0.1, 0.15) is 103 Å². The molecule has 0 aromatic rings. The van der Waals surface area contributed by atoms with E-state index in [1.165, 1.54) is 57.8 Å². The van der Waals surface area contributed by atoms with Gasteiger partial charge in [0, 0.05) is 12.8 Å².